The van der Waals surface area contributed by atoms with Crippen LogP contribution in [0.3, 0.4) is 0 Å². The Hall–Kier alpha value is -4.20. The van der Waals surface area contributed by atoms with Crippen LogP contribution in [-0.2, 0) is 6.61 Å². The average Bonchev–Trinajstić information content (AvgIpc) is 3.24. The maximum Gasteiger partial charge on any atom is 0.280 e. The van der Waals surface area contributed by atoms with Gasteiger partial charge in [-0.05, 0) is 66.6 Å². The quantitative estimate of drug-likeness (QED) is 0.416. The second-order valence-electron chi connectivity index (χ2n) is 7.34. The summed E-state index contributed by atoms with van der Waals surface area (Å²) in [5.74, 6) is -0.527. The number of aromatic nitrogens is 2. The standard InChI is InChI=1S/C25H21F2N3O3/c1-16-3-12-22(32-2)21(13-16)28-25(31)24-23(33-15-17-4-6-18(26)7-5-17)14-30(29-24)20-10-8-19(27)9-11-20/h3-14H,15H2,1-2H3,(H,28,31). The van der Waals surface area contributed by atoms with Crippen molar-refractivity contribution in [3.8, 4) is 17.2 Å². The molecule has 0 fully saturated rings. The summed E-state index contributed by atoms with van der Waals surface area (Å²) in [5.41, 5.74) is 2.73. The molecule has 0 unspecified atom stereocenters. The number of carbonyl (C=O) groups excluding carboxylic acids is 1. The van der Waals surface area contributed by atoms with E-state index in [1.54, 1.807) is 30.5 Å². The minimum atomic E-state index is -0.506. The smallest absolute Gasteiger partial charge is 0.280 e. The van der Waals surface area contributed by atoms with Crippen molar-refractivity contribution in [1.82, 2.24) is 9.78 Å². The molecule has 0 aliphatic rings. The van der Waals surface area contributed by atoms with Gasteiger partial charge in [0.25, 0.3) is 5.91 Å². The fraction of sp³-hybridized carbons (Fsp3) is 0.120. The van der Waals surface area contributed by atoms with Crippen LogP contribution in [0.25, 0.3) is 5.69 Å². The number of ether oxygens (including phenoxy) is 2. The van der Waals surface area contributed by atoms with Gasteiger partial charge in [-0.1, -0.05) is 18.2 Å². The molecule has 1 heterocycles. The largest absolute Gasteiger partial charge is 0.495 e. The fourth-order valence-corrected chi connectivity index (χ4v) is 3.19. The zero-order valence-electron chi connectivity index (χ0n) is 18.0. The lowest BCUT2D eigenvalue weighted by Gasteiger charge is -2.11. The molecule has 33 heavy (non-hydrogen) atoms. The Kier molecular flexibility index (Phi) is 6.35. The van der Waals surface area contributed by atoms with E-state index in [1.807, 2.05) is 13.0 Å². The van der Waals surface area contributed by atoms with Gasteiger partial charge in [0.2, 0.25) is 0 Å². The van der Waals surface area contributed by atoms with Crippen LogP contribution in [0.15, 0.2) is 72.9 Å². The molecule has 0 radical (unpaired) electrons. The number of rotatable bonds is 7. The number of hydrogen-bond acceptors (Lipinski definition) is 4. The monoisotopic (exact) mass is 449 g/mol. The Morgan fingerprint density at radius 2 is 1.64 bits per heavy atom. The summed E-state index contributed by atoms with van der Waals surface area (Å²) in [4.78, 5) is 13.1. The average molecular weight is 449 g/mol. The minimum absolute atomic E-state index is 0.0324. The Morgan fingerprint density at radius 3 is 2.30 bits per heavy atom. The summed E-state index contributed by atoms with van der Waals surface area (Å²) in [5, 5.41) is 7.18. The number of carbonyl (C=O) groups is 1. The molecule has 1 aromatic heterocycles. The molecule has 0 spiro atoms. The minimum Gasteiger partial charge on any atom is -0.495 e. The van der Waals surface area contributed by atoms with E-state index in [9.17, 15) is 13.6 Å². The van der Waals surface area contributed by atoms with Crippen LogP contribution in [0.4, 0.5) is 14.5 Å². The molecule has 168 valence electrons. The summed E-state index contributed by atoms with van der Waals surface area (Å²) >= 11 is 0. The summed E-state index contributed by atoms with van der Waals surface area (Å²) in [6.45, 7) is 2.00. The SMILES string of the molecule is COc1ccc(C)cc1NC(=O)c1nn(-c2ccc(F)cc2)cc1OCc1ccc(F)cc1. The molecule has 3 aromatic carbocycles. The molecule has 0 saturated carbocycles. The van der Waals surface area contributed by atoms with E-state index in [0.29, 0.717) is 17.1 Å². The van der Waals surface area contributed by atoms with Gasteiger partial charge in [0.05, 0.1) is 24.7 Å². The highest BCUT2D eigenvalue weighted by atomic mass is 19.1. The van der Waals surface area contributed by atoms with Crippen molar-refractivity contribution in [2.45, 2.75) is 13.5 Å². The first-order valence-electron chi connectivity index (χ1n) is 10.1. The molecule has 8 heteroatoms. The number of methoxy groups -OCH3 is 1. The van der Waals surface area contributed by atoms with Crippen molar-refractivity contribution in [3.63, 3.8) is 0 Å². The van der Waals surface area contributed by atoms with E-state index in [4.69, 9.17) is 9.47 Å². The Bertz CT molecular complexity index is 1270. The third-order valence-corrected chi connectivity index (χ3v) is 4.90. The molecule has 4 aromatic rings. The predicted octanol–water partition coefficient (Wildman–Crippen LogP) is 5.30. The molecule has 0 bridgehead atoms. The van der Waals surface area contributed by atoms with E-state index in [2.05, 4.69) is 10.4 Å². The molecule has 1 amide bonds. The molecule has 0 saturated heterocycles. The summed E-state index contributed by atoms with van der Waals surface area (Å²) in [6, 6.07) is 16.9. The van der Waals surface area contributed by atoms with E-state index in [0.717, 1.165) is 11.1 Å². The Morgan fingerprint density at radius 1 is 0.970 bits per heavy atom. The zero-order valence-corrected chi connectivity index (χ0v) is 18.0. The number of amides is 1. The lowest BCUT2D eigenvalue weighted by molar-refractivity contribution is 0.101. The van der Waals surface area contributed by atoms with Crippen molar-refractivity contribution < 1.29 is 23.0 Å². The van der Waals surface area contributed by atoms with Crippen LogP contribution >= 0.6 is 0 Å². The Balaban J connectivity index is 1.65. The van der Waals surface area contributed by atoms with Crippen molar-refractivity contribution >= 4 is 11.6 Å². The molecule has 6 nitrogen and oxygen atoms in total. The summed E-state index contributed by atoms with van der Waals surface area (Å²) < 4.78 is 39.2. The van der Waals surface area contributed by atoms with Crippen LogP contribution in [0.1, 0.15) is 21.6 Å². The van der Waals surface area contributed by atoms with Crippen LogP contribution in [-0.4, -0.2) is 22.8 Å². The number of halogens is 2. The van der Waals surface area contributed by atoms with Crippen LogP contribution in [0.2, 0.25) is 0 Å². The van der Waals surface area contributed by atoms with E-state index >= 15 is 0 Å². The van der Waals surface area contributed by atoms with Gasteiger partial charge in [0.1, 0.15) is 24.0 Å². The van der Waals surface area contributed by atoms with Gasteiger partial charge < -0.3 is 14.8 Å². The molecule has 0 aliphatic carbocycles. The zero-order chi connectivity index (χ0) is 23.4. The number of hydrogen-bond donors (Lipinski definition) is 1. The third-order valence-electron chi connectivity index (χ3n) is 4.90. The van der Waals surface area contributed by atoms with Crippen LogP contribution in [0.5, 0.6) is 11.5 Å². The maximum absolute atomic E-state index is 13.3. The second kappa shape index (κ2) is 9.52. The predicted molar refractivity (Wildman–Crippen MR) is 120 cm³/mol. The van der Waals surface area contributed by atoms with Gasteiger partial charge in [0, 0.05) is 0 Å². The summed E-state index contributed by atoms with van der Waals surface area (Å²) in [7, 11) is 1.51. The molecule has 4 rings (SSSR count). The van der Waals surface area contributed by atoms with Crippen molar-refractivity contribution in [2.75, 3.05) is 12.4 Å². The number of anilines is 1. The van der Waals surface area contributed by atoms with Gasteiger partial charge in [-0.2, -0.15) is 5.10 Å². The van der Waals surface area contributed by atoms with Gasteiger partial charge in [-0.15, -0.1) is 0 Å². The third kappa shape index (κ3) is 5.17. The van der Waals surface area contributed by atoms with Gasteiger partial charge in [-0.3, -0.25) is 4.79 Å². The lowest BCUT2D eigenvalue weighted by Crippen LogP contribution is -2.15. The highest BCUT2D eigenvalue weighted by Crippen LogP contribution is 2.28. The van der Waals surface area contributed by atoms with Crippen molar-refractivity contribution in [3.05, 3.63) is 101 Å². The normalized spacial score (nSPS) is 10.7. The van der Waals surface area contributed by atoms with E-state index < -0.39 is 5.91 Å². The van der Waals surface area contributed by atoms with Gasteiger partial charge >= 0.3 is 0 Å². The number of aryl methyl sites for hydroxylation is 1. The molecular formula is C25H21F2N3O3. The van der Waals surface area contributed by atoms with E-state index in [-0.39, 0.29) is 29.7 Å². The number of nitrogens with one attached hydrogen (secondary N) is 1. The fourth-order valence-electron chi connectivity index (χ4n) is 3.19. The molecule has 0 aliphatic heterocycles. The van der Waals surface area contributed by atoms with Crippen LogP contribution in [0, 0.1) is 18.6 Å². The highest BCUT2D eigenvalue weighted by molar-refractivity contribution is 6.05. The first-order chi connectivity index (χ1) is 15.9. The van der Waals surface area contributed by atoms with Gasteiger partial charge in [0.15, 0.2) is 11.4 Å². The Labute approximate surface area is 189 Å². The van der Waals surface area contributed by atoms with E-state index in [1.165, 1.54) is 48.2 Å². The van der Waals surface area contributed by atoms with Crippen molar-refractivity contribution in [2.24, 2.45) is 0 Å². The van der Waals surface area contributed by atoms with Gasteiger partial charge in [-0.25, -0.2) is 13.5 Å². The highest BCUT2D eigenvalue weighted by Gasteiger charge is 2.21. The molecule has 0 atom stereocenters. The number of nitrogens with zero attached hydrogens (tertiary/aromatic N) is 2. The summed E-state index contributed by atoms with van der Waals surface area (Å²) in [6.07, 6.45) is 1.54. The topological polar surface area (TPSA) is 65.4 Å². The molecule has 1 N–H and O–H groups in total. The lowest BCUT2D eigenvalue weighted by atomic mass is 10.2. The first-order valence-corrected chi connectivity index (χ1v) is 10.1. The first kappa shape index (κ1) is 22.0. The second-order valence-corrected chi connectivity index (χ2v) is 7.34. The van der Waals surface area contributed by atoms with Crippen LogP contribution < -0.4 is 14.8 Å². The number of benzene rings is 3. The van der Waals surface area contributed by atoms with Crippen molar-refractivity contribution in [1.29, 1.82) is 0 Å². The molecular weight excluding hydrogens is 428 g/mol. The maximum atomic E-state index is 13.3.